The largest absolute Gasteiger partial charge is 0.197 e. The summed E-state index contributed by atoms with van der Waals surface area (Å²) in [4.78, 5) is 0. The molecule has 3 heteroatoms. The molecule has 1 nitrogen and oxygen atoms in total. The summed E-state index contributed by atoms with van der Waals surface area (Å²) in [5.41, 5.74) is 1.08. The summed E-state index contributed by atoms with van der Waals surface area (Å²) in [6, 6.07) is 2.03. The van der Waals surface area contributed by atoms with E-state index in [2.05, 4.69) is 11.3 Å². The monoisotopic (exact) mass is 186 g/mol. The summed E-state index contributed by atoms with van der Waals surface area (Å²) < 4.78 is 4.21. The smallest absolute Gasteiger partial charge is 0.0680 e. The van der Waals surface area contributed by atoms with E-state index in [4.69, 9.17) is 12.6 Å². The van der Waals surface area contributed by atoms with Gasteiger partial charge in [0.05, 0.1) is 10.9 Å². The van der Waals surface area contributed by atoms with Crippen LogP contribution in [0.2, 0.25) is 0 Å². The van der Waals surface area contributed by atoms with Gasteiger partial charge in [0.25, 0.3) is 0 Å². The topological polar surface area (TPSA) is 12.9 Å². The Morgan fingerprint density at radius 2 is 2.55 bits per heavy atom. The molecular weight excluding hydrogens is 174 g/mol. The summed E-state index contributed by atoms with van der Waals surface area (Å²) in [6.45, 7) is 2.18. The van der Waals surface area contributed by atoms with Gasteiger partial charge in [-0.1, -0.05) is 32.4 Å². The van der Waals surface area contributed by atoms with E-state index in [1.165, 1.54) is 24.4 Å². The Morgan fingerprint density at radius 1 is 1.73 bits per heavy atom. The lowest BCUT2D eigenvalue weighted by atomic mass is 10.1. The Morgan fingerprint density at radius 3 is 3.09 bits per heavy atom. The maximum absolute atomic E-state index is 5.27. The van der Waals surface area contributed by atoms with Crippen LogP contribution in [0.4, 0.5) is 0 Å². The van der Waals surface area contributed by atoms with E-state index in [0.29, 0.717) is 0 Å². The van der Waals surface area contributed by atoms with Gasteiger partial charge in [0.1, 0.15) is 0 Å². The highest BCUT2D eigenvalue weighted by atomic mass is 32.1. The first-order valence-corrected chi connectivity index (χ1v) is 5.21. The van der Waals surface area contributed by atoms with Gasteiger partial charge in [-0.25, -0.2) is 0 Å². The number of nitrogens with zero attached hydrogens (tertiary/aromatic N) is 1. The lowest BCUT2D eigenvalue weighted by molar-refractivity contribution is 0.703. The molecular formula is C8H12NS2. The van der Waals surface area contributed by atoms with Crippen molar-refractivity contribution in [2.75, 3.05) is 0 Å². The van der Waals surface area contributed by atoms with E-state index >= 15 is 0 Å². The molecule has 1 unspecified atom stereocenters. The zero-order valence-corrected chi connectivity index (χ0v) is 8.25. The molecule has 0 saturated carbocycles. The molecule has 0 bridgehead atoms. The molecule has 1 heterocycles. The van der Waals surface area contributed by atoms with Crippen molar-refractivity contribution in [3.05, 3.63) is 17.1 Å². The minimum atomic E-state index is 0.237. The molecule has 61 valence electrons. The van der Waals surface area contributed by atoms with Crippen molar-refractivity contribution < 1.29 is 0 Å². The molecule has 0 saturated heterocycles. The third-order valence-corrected chi connectivity index (χ3v) is 2.66. The Kier molecular flexibility index (Phi) is 3.94. The molecule has 0 spiro atoms. The number of aromatic nitrogens is 1. The van der Waals surface area contributed by atoms with Gasteiger partial charge >= 0.3 is 0 Å². The van der Waals surface area contributed by atoms with Crippen LogP contribution in [0.5, 0.6) is 0 Å². The molecule has 0 N–H and O–H groups in total. The zero-order chi connectivity index (χ0) is 8.10. The first-order valence-electron chi connectivity index (χ1n) is 3.90. The standard InChI is InChI=1S/C8H12NS2/c1-2-3-4-8(10)7-5-6-11-9-7/h5-6,8H,2-4H2,1H3. The summed E-state index contributed by atoms with van der Waals surface area (Å²) in [5.74, 6) is 0. The molecule has 1 radical (unpaired) electrons. The van der Waals surface area contributed by atoms with Gasteiger partial charge < -0.3 is 0 Å². The Hall–Kier alpha value is -0.0200. The fourth-order valence-electron chi connectivity index (χ4n) is 0.925. The molecule has 0 fully saturated rings. The summed E-state index contributed by atoms with van der Waals surface area (Å²) in [7, 11) is 0. The van der Waals surface area contributed by atoms with Crippen LogP contribution in [0.25, 0.3) is 0 Å². The molecule has 0 aliphatic rings. The van der Waals surface area contributed by atoms with Crippen LogP contribution in [-0.2, 0) is 0 Å². The van der Waals surface area contributed by atoms with Crippen LogP contribution in [0.3, 0.4) is 0 Å². The van der Waals surface area contributed by atoms with Crippen molar-refractivity contribution in [3.63, 3.8) is 0 Å². The normalized spacial score (nSPS) is 13.3. The molecule has 0 aliphatic carbocycles. The minimum absolute atomic E-state index is 0.237. The fourth-order valence-corrected chi connectivity index (χ4v) is 1.86. The van der Waals surface area contributed by atoms with E-state index < -0.39 is 0 Å². The van der Waals surface area contributed by atoms with Crippen molar-refractivity contribution in [1.29, 1.82) is 0 Å². The third-order valence-electron chi connectivity index (χ3n) is 1.61. The molecule has 1 rings (SSSR count). The van der Waals surface area contributed by atoms with E-state index in [9.17, 15) is 0 Å². The zero-order valence-electron chi connectivity index (χ0n) is 6.62. The number of hydrogen-bond donors (Lipinski definition) is 0. The van der Waals surface area contributed by atoms with E-state index in [1.54, 1.807) is 0 Å². The average Bonchev–Trinajstić information content (AvgIpc) is 2.52. The van der Waals surface area contributed by atoms with Crippen LogP contribution < -0.4 is 0 Å². The number of unbranched alkanes of at least 4 members (excludes halogenated alkanes) is 1. The van der Waals surface area contributed by atoms with Gasteiger partial charge in [0.15, 0.2) is 0 Å². The van der Waals surface area contributed by atoms with Crippen molar-refractivity contribution in [2.45, 2.75) is 31.4 Å². The second-order valence-electron chi connectivity index (χ2n) is 2.56. The Balaban J connectivity index is 2.36. The second-order valence-corrected chi connectivity index (χ2v) is 3.79. The van der Waals surface area contributed by atoms with Crippen LogP contribution >= 0.6 is 24.2 Å². The lowest BCUT2D eigenvalue weighted by Crippen LogP contribution is -1.89. The van der Waals surface area contributed by atoms with Gasteiger partial charge in [-0.15, -0.1) is 0 Å². The van der Waals surface area contributed by atoms with E-state index in [0.717, 1.165) is 12.1 Å². The Labute approximate surface area is 77.4 Å². The number of rotatable bonds is 4. The summed E-state index contributed by atoms with van der Waals surface area (Å²) >= 11 is 6.75. The van der Waals surface area contributed by atoms with Crippen molar-refractivity contribution in [1.82, 2.24) is 4.37 Å². The lowest BCUT2D eigenvalue weighted by Gasteiger charge is -2.03. The predicted octanol–water partition coefficient (Wildman–Crippen LogP) is 3.57. The molecule has 0 aliphatic heterocycles. The summed E-state index contributed by atoms with van der Waals surface area (Å²) in [6.07, 6.45) is 3.53. The van der Waals surface area contributed by atoms with Crippen LogP contribution in [0.15, 0.2) is 11.4 Å². The molecule has 0 aromatic carbocycles. The Bertz CT molecular complexity index is 184. The highest BCUT2D eigenvalue weighted by molar-refractivity contribution is 7.80. The van der Waals surface area contributed by atoms with Gasteiger partial charge in [-0.3, -0.25) is 0 Å². The number of hydrogen-bond acceptors (Lipinski definition) is 2. The maximum Gasteiger partial charge on any atom is 0.0680 e. The van der Waals surface area contributed by atoms with E-state index in [1.807, 2.05) is 11.4 Å². The SMILES string of the molecule is CCCCC([S])c1ccsn1. The average molecular weight is 186 g/mol. The minimum Gasteiger partial charge on any atom is -0.197 e. The van der Waals surface area contributed by atoms with Crippen LogP contribution in [0.1, 0.15) is 37.1 Å². The maximum atomic E-state index is 5.27. The molecule has 1 atom stereocenters. The van der Waals surface area contributed by atoms with Gasteiger partial charge in [-0.05, 0) is 24.0 Å². The van der Waals surface area contributed by atoms with E-state index in [-0.39, 0.29) is 5.25 Å². The second kappa shape index (κ2) is 4.78. The first-order chi connectivity index (χ1) is 5.34. The molecule has 1 aromatic heterocycles. The highest BCUT2D eigenvalue weighted by Crippen LogP contribution is 2.24. The van der Waals surface area contributed by atoms with Gasteiger partial charge in [-0.2, -0.15) is 4.37 Å². The molecule has 1 aromatic rings. The van der Waals surface area contributed by atoms with Crippen molar-refractivity contribution >= 4 is 24.2 Å². The fraction of sp³-hybridized carbons (Fsp3) is 0.625. The third kappa shape index (κ3) is 2.83. The quantitative estimate of drug-likeness (QED) is 0.700. The van der Waals surface area contributed by atoms with Gasteiger partial charge in [0, 0.05) is 5.38 Å². The van der Waals surface area contributed by atoms with Gasteiger partial charge in [0.2, 0.25) is 0 Å². The molecule has 0 amide bonds. The summed E-state index contributed by atoms with van der Waals surface area (Å²) in [5, 5.41) is 2.22. The van der Waals surface area contributed by atoms with Crippen LogP contribution in [0, 0.1) is 0 Å². The predicted molar refractivity (Wildman–Crippen MR) is 52.0 cm³/mol. The first kappa shape index (κ1) is 9.07. The van der Waals surface area contributed by atoms with Crippen molar-refractivity contribution in [3.8, 4) is 0 Å². The highest BCUT2D eigenvalue weighted by Gasteiger charge is 2.07. The van der Waals surface area contributed by atoms with Crippen molar-refractivity contribution in [2.24, 2.45) is 0 Å². The molecule has 11 heavy (non-hydrogen) atoms. The van der Waals surface area contributed by atoms with Crippen LogP contribution in [-0.4, -0.2) is 4.37 Å².